The summed E-state index contributed by atoms with van der Waals surface area (Å²) < 4.78 is 17.6. The lowest BCUT2D eigenvalue weighted by molar-refractivity contribution is -0.129. The average Bonchev–Trinajstić information content (AvgIpc) is 3.39. The van der Waals surface area contributed by atoms with Gasteiger partial charge in [0.05, 0.1) is 13.7 Å². The Labute approximate surface area is 238 Å². The summed E-state index contributed by atoms with van der Waals surface area (Å²) in [6, 6.07) is 21.5. The van der Waals surface area contributed by atoms with Gasteiger partial charge in [-0.25, -0.2) is 10.4 Å². The Morgan fingerprint density at radius 1 is 1.20 bits per heavy atom. The Hall–Kier alpha value is -4.83. The first kappa shape index (κ1) is 29.2. The van der Waals surface area contributed by atoms with Crippen LogP contribution >= 0.6 is 0 Å². The molecule has 2 atom stereocenters. The topological polar surface area (TPSA) is 150 Å². The lowest BCUT2D eigenvalue weighted by Gasteiger charge is -2.31. The van der Waals surface area contributed by atoms with Gasteiger partial charge in [0.2, 0.25) is 5.90 Å². The third kappa shape index (κ3) is 6.85. The zero-order valence-electron chi connectivity index (χ0n) is 22.7. The van der Waals surface area contributed by atoms with Gasteiger partial charge in [0.25, 0.3) is 5.91 Å². The first-order chi connectivity index (χ1) is 20.0. The van der Waals surface area contributed by atoms with E-state index >= 15 is 0 Å². The maximum atomic E-state index is 14.1. The Morgan fingerprint density at radius 3 is 2.73 bits per heavy atom. The molecule has 1 aliphatic heterocycles. The van der Waals surface area contributed by atoms with Crippen molar-refractivity contribution in [3.8, 4) is 11.5 Å². The van der Waals surface area contributed by atoms with Crippen molar-refractivity contribution in [1.29, 1.82) is 0 Å². The van der Waals surface area contributed by atoms with Gasteiger partial charge in [-0.1, -0.05) is 47.6 Å². The van der Waals surface area contributed by atoms with E-state index in [1.54, 1.807) is 67.8 Å². The van der Waals surface area contributed by atoms with E-state index in [4.69, 9.17) is 29.8 Å². The van der Waals surface area contributed by atoms with Gasteiger partial charge >= 0.3 is 0 Å². The van der Waals surface area contributed by atoms with Crippen molar-refractivity contribution >= 4 is 17.5 Å². The van der Waals surface area contributed by atoms with Crippen LogP contribution in [0.15, 0.2) is 95.6 Å². The summed E-state index contributed by atoms with van der Waals surface area (Å²) >= 11 is 0. The number of ether oxygens (including phenoxy) is 3. The molecule has 11 nitrogen and oxygen atoms in total. The van der Waals surface area contributed by atoms with Gasteiger partial charge in [-0.2, -0.15) is 0 Å². The number of carbonyl (C=O) groups is 1. The molecule has 1 amide bonds. The van der Waals surface area contributed by atoms with Crippen LogP contribution in [0.4, 0.5) is 5.69 Å². The van der Waals surface area contributed by atoms with Crippen molar-refractivity contribution in [2.45, 2.75) is 24.5 Å². The molecule has 41 heavy (non-hydrogen) atoms. The number of nitrogens with zero attached hydrogens (tertiary/aromatic N) is 4. The number of hydrazine groups is 1. The molecule has 1 aliphatic rings. The summed E-state index contributed by atoms with van der Waals surface area (Å²) in [7, 11) is 1.57. The largest absolute Gasteiger partial charge is 0.497 e. The van der Waals surface area contributed by atoms with Gasteiger partial charge in [-0.05, 0) is 53.1 Å². The highest BCUT2D eigenvalue weighted by Gasteiger charge is 2.53. The van der Waals surface area contributed by atoms with Crippen LogP contribution in [0.5, 0.6) is 11.5 Å². The maximum absolute atomic E-state index is 14.1. The van der Waals surface area contributed by atoms with Gasteiger partial charge < -0.3 is 19.3 Å². The number of hydrogen-bond donors (Lipinski definition) is 3. The van der Waals surface area contributed by atoms with Crippen LogP contribution in [-0.4, -0.2) is 49.3 Å². The van der Waals surface area contributed by atoms with E-state index in [1.807, 2.05) is 18.2 Å². The molecule has 0 saturated heterocycles. The number of methoxy groups -OCH3 is 1. The Kier molecular flexibility index (Phi) is 9.95. The van der Waals surface area contributed by atoms with Crippen molar-refractivity contribution in [3.63, 3.8) is 0 Å². The van der Waals surface area contributed by atoms with E-state index in [0.29, 0.717) is 53.4 Å². The first-order valence-corrected chi connectivity index (χ1v) is 13.1. The van der Waals surface area contributed by atoms with Crippen LogP contribution in [0.2, 0.25) is 0 Å². The van der Waals surface area contributed by atoms with E-state index in [9.17, 15) is 4.79 Å². The van der Waals surface area contributed by atoms with E-state index < -0.39 is 17.6 Å². The van der Waals surface area contributed by atoms with Gasteiger partial charge in [0.1, 0.15) is 11.5 Å². The molecular weight excluding hydrogens is 524 g/mol. The SMILES string of the molecule is C=CCNNC(=O)[C@@]1(Cc2ccccc2N=[N+]=[N-])N=C(c2ccc(OCCCO)cc2)O[C@H]1c1cccc(OC)c1. The molecule has 0 aromatic heterocycles. The number of rotatable bonds is 14. The second-order valence-corrected chi connectivity index (χ2v) is 9.18. The Morgan fingerprint density at radius 2 is 2.00 bits per heavy atom. The van der Waals surface area contributed by atoms with Crippen molar-refractivity contribution in [3.05, 3.63) is 113 Å². The minimum Gasteiger partial charge on any atom is -0.497 e. The zero-order chi connectivity index (χ0) is 29.1. The Balaban J connectivity index is 1.83. The monoisotopic (exact) mass is 556 g/mol. The molecule has 0 spiro atoms. The summed E-state index contributed by atoms with van der Waals surface area (Å²) in [4.78, 5) is 22.0. The molecule has 0 bridgehead atoms. The summed E-state index contributed by atoms with van der Waals surface area (Å²) in [6.45, 7) is 4.45. The second kappa shape index (κ2) is 14.0. The number of aliphatic imine (C=N–C) groups is 1. The molecule has 3 N–H and O–H groups in total. The van der Waals surface area contributed by atoms with Crippen LogP contribution in [0.25, 0.3) is 10.4 Å². The third-order valence-electron chi connectivity index (χ3n) is 6.48. The van der Waals surface area contributed by atoms with Gasteiger partial charge in [-0.3, -0.25) is 10.2 Å². The highest BCUT2D eigenvalue weighted by atomic mass is 16.5. The van der Waals surface area contributed by atoms with Gasteiger partial charge in [-0.15, -0.1) is 6.58 Å². The number of benzene rings is 3. The normalized spacial score (nSPS) is 17.5. The molecular formula is C30H32N6O5. The molecule has 0 aliphatic carbocycles. The fourth-order valence-corrected chi connectivity index (χ4v) is 4.50. The first-order valence-electron chi connectivity index (χ1n) is 13.1. The molecule has 11 heteroatoms. The highest BCUT2D eigenvalue weighted by Crippen LogP contribution is 2.44. The lowest BCUT2D eigenvalue weighted by Crippen LogP contribution is -2.54. The smallest absolute Gasteiger partial charge is 0.266 e. The summed E-state index contributed by atoms with van der Waals surface area (Å²) in [5.41, 5.74) is 15.6. The van der Waals surface area contributed by atoms with E-state index in [0.717, 1.165) is 0 Å². The molecule has 0 unspecified atom stereocenters. The molecule has 1 heterocycles. The molecule has 4 rings (SSSR count). The van der Waals surface area contributed by atoms with Crippen LogP contribution < -0.4 is 20.3 Å². The van der Waals surface area contributed by atoms with Crippen LogP contribution in [0, 0.1) is 0 Å². The quantitative estimate of drug-likeness (QED) is 0.0654. The standard InChI is InChI=1S/C30H32N6O5/c1-3-16-32-35-29(38)30(20-23-8-4-5-11-26(23)34-36-31)27(22-9-6-10-25(19-22)39-2)41-28(33-30)21-12-14-24(15-13-21)40-18-7-17-37/h3-6,8-15,19,27,32,37H,1,7,16-18,20H2,2H3,(H,35,38)/t27-,30-/m0/s1. The fraction of sp³-hybridized carbons (Fsp3) is 0.267. The molecule has 3 aromatic rings. The maximum Gasteiger partial charge on any atom is 0.266 e. The van der Waals surface area contributed by atoms with Crippen molar-refractivity contribution < 1.29 is 24.1 Å². The third-order valence-corrected chi connectivity index (χ3v) is 6.48. The minimum atomic E-state index is -1.51. The molecule has 0 radical (unpaired) electrons. The lowest BCUT2D eigenvalue weighted by atomic mass is 9.81. The predicted molar refractivity (Wildman–Crippen MR) is 155 cm³/mol. The zero-order valence-corrected chi connectivity index (χ0v) is 22.7. The van der Waals surface area contributed by atoms with Crippen molar-refractivity contribution in [2.75, 3.05) is 26.9 Å². The summed E-state index contributed by atoms with van der Waals surface area (Å²) in [5, 5.41) is 12.9. The average molecular weight is 557 g/mol. The predicted octanol–water partition coefficient (Wildman–Crippen LogP) is 4.70. The minimum absolute atomic E-state index is 0.0446. The van der Waals surface area contributed by atoms with Crippen molar-refractivity contribution in [2.24, 2.45) is 10.1 Å². The summed E-state index contributed by atoms with van der Waals surface area (Å²) in [6.07, 6.45) is 1.34. The number of amides is 1. The number of aliphatic hydroxyl groups excluding tert-OH is 1. The number of aliphatic hydroxyl groups is 1. The molecule has 0 fully saturated rings. The number of carbonyl (C=O) groups excluding carboxylic acids is 1. The van der Waals surface area contributed by atoms with Gasteiger partial charge in [0, 0.05) is 42.2 Å². The number of nitrogens with one attached hydrogen (secondary N) is 2. The fourth-order valence-electron chi connectivity index (χ4n) is 4.50. The van der Waals surface area contributed by atoms with Gasteiger partial charge in [0.15, 0.2) is 11.6 Å². The summed E-state index contributed by atoms with van der Waals surface area (Å²) in [5.74, 6) is 1.05. The van der Waals surface area contributed by atoms with Crippen LogP contribution in [-0.2, 0) is 16.0 Å². The van der Waals surface area contributed by atoms with Crippen LogP contribution in [0.3, 0.4) is 0 Å². The molecule has 212 valence electrons. The molecule has 0 saturated carbocycles. The van der Waals surface area contributed by atoms with Crippen molar-refractivity contribution in [1.82, 2.24) is 10.9 Å². The highest BCUT2D eigenvalue weighted by molar-refractivity contribution is 6.01. The molecule has 3 aromatic carbocycles. The van der Waals surface area contributed by atoms with Crippen LogP contribution in [0.1, 0.15) is 29.2 Å². The Bertz CT molecular complexity index is 1440. The van der Waals surface area contributed by atoms with E-state index in [2.05, 4.69) is 27.5 Å². The number of azide groups is 1. The number of hydrogen-bond acceptors (Lipinski definition) is 8. The van der Waals surface area contributed by atoms with E-state index in [-0.39, 0.29) is 18.9 Å². The second-order valence-electron chi connectivity index (χ2n) is 9.18. The van der Waals surface area contributed by atoms with E-state index in [1.165, 1.54) is 0 Å².